The molecule has 0 unspecified atom stereocenters. The Morgan fingerprint density at radius 3 is 2.28 bits per heavy atom. The van der Waals surface area contributed by atoms with Gasteiger partial charge >= 0.3 is 0 Å². The fourth-order valence-corrected chi connectivity index (χ4v) is 3.09. The number of rotatable bonds is 17. The van der Waals surface area contributed by atoms with Gasteiger partial charge in [-0.15, -0.1) is 4.91 Å². The SMILES string of the molecule is CC=CC=C(C=CCCCCCCCCCC)ON(CC(C)(C)SN=O)C(C)=O. The van der Waals surface area contributed by atoms with Crippen molar-refractivity contribution in [1.82, 2.24) is 5.06 Å². The zero-order valence-electron chi connectivity index (χ0n) is 19.0. The third-order valence-corrected chi connectivity index (χ3v) is 5.03. The summed E-state index contributed by atoms with van der Waals surface area (Å²) >= 11 is 0.903. The van der Waals surface area contributed by atoms with Gasteiger partial charge in [0.2, 0.25) is 0 Å². The Hall–Kier alpha value is -1.56. The number of nitrogens with zero attached hydrogens (tertiary/aromatic N) is 2. The van der Waals surface area contributed by atoms with E-state index in [0.717, 1.165) is 24.8 Å². The van der Waals surface area contributed by atoms with Crippen molar-refractivity contribution < 1.29 is 9.63 Å². The number of amides is 1. The molecule has 0 heterocycles. The zero-order chi connectivity index (χ0) is 22.0. The third kappa shape index (κ3) is 16.0. The van der Waals surface area contributed by atoms with E-state index in [1.54, 1.807) is 0 Å². The van der Waals surface area contributed by atoms with Crippen LogP contribution in [-0.4, -0.2) is 22.3 Å². The highest BCUT2D eigenvalue weighted by atomic mass is 32.2. The summed E-state index contributed by atoms with van der Waals surface area (Å²) in [6, 6.07) is 0. The Kier molecular flexibility index (Phi) is 16.4. The van der Waals surface area contributed by atoms with Gasteiger partial charge in [-0.25, -0.2) is 0 Å². The third-order valence-electron chi connectivity index (χ3n) is 4.34. The maximum Gasteiger partial charge on any atom is 0.252 e. The second-order valence-corrected chi connectivity index (χ2v) is 9.27. The van der Waals surface area contributed by atoms with Gasteiger partial charge in [0.15, 0.2) is 5.76 Å². The molecule has 0 aromatic heterocycles. The topological polar surface area (TPSA) is 59.0 Å². The Labute approximate surface area is 182 Å². The number of hydrogen-bond donors (Lipinski definition) is 0. The van der Waals surface area contributed by atoms with E-state index in [0.29, 0.717) is 5.76 Å². The Balaban J connectivity index is 4.57. The minimum absolute atomic E-state index is 0.215. The van der Waals surface area contributed by atoms with Gasteiger partial charge in [0.05, 0.1) is 11.3 Å². The van der Waals surface area contributed by atoms with Crippen molar-refractivity contribution in [2.45, 2.75) is 97.2 Å². The lowest BCUT2D eigenvalue weighted by atomic mass is 10.1. The summed E-state index contributed by atoms with van der Waals surface area (Å²) < 4.78 is 2.36. The number of nitroso groups, excluding NO2 is 1. The average Bonchev–Trinajstić information content (AvgIpc) is 2.66. The van der Waals surface area contributed by atoms with Crippen LogP contribution in [0, 0.1) is 4.91 Å². The standard InChI is InChI=1S/C23H40N2O3S/c1-6-8-10-11-12-13-14-15-16-17-19-22(18-9-7-2)28-25(21(3)26)20-23(4,5)29-24-27/h7,9,17-19H,6,8,10-16,20H2,1-5H3. The maximum atomic E-state index is 12.0. The molecule has 0 N–H and O–H groups in total. The summed E-state index contributed by atoms with van der Waals surface area (Å²) in [5.74, 6) is 0.380. The van der Waals surface area contributed by atoms with Crippen molar-refractivity contribution in [2.75, 3.05) is 6.54 Å². The fourth-order valence-electron chi connectivity index (χ4n) is 2.71. The van der Waals surface area contributed by atoms with Crippen molar-refractivity contribution in [3.8, 4) is 0 Å². The van der Waals surface area contributed by atoms with E-state index in [1.807, 2.05) is 45.1 Å². The van der Waals surface area contributed by atoms with Crippen LogP contribution in [0.15, 0.2) is 40.7 Å². The van der Waals surface area contributed by atoms with Crippen LogP contribution in [-0.2, 0) is 9.63 Å². The lowest BCUT2D eigenvalue weighted by molar-refractivity contribution is -0.169. The predicted octanol–water partition coefficient (Wildman–Crippen LogP) is 7.51. The zero-order valence-corrected chi connectivity index (χ0v) is 19.8. The summed E-state index contributed by atoms with van der Waals surface area (Å²) in [6.07, 6.45) is 21.0. The average molecular weight is 425 g/mol. The number of carbonyl (C=O) groups excluding carboxylic acids is 1. The van der Waals surface area contributed by atoms with Crippen LogP contribution in [0.25, 0.3) is 0 Å². The molecular weight excluding hydrogens is 384 g/mol. The first-order valence-corrected chi connectivity index (χ1v) is 11.6. The van der Waals surface area contributed by atoms with Crippen LogP contribution in [0.4, 0.5) is 0 Å². The summed E-state index contributed by atoms with van der Waals surface area (Å²) in [7, 11) is 0. The minimum Gasteiger partial charge on any atom is -0.377 e. The lowest BCUT2D eigenvalue weighted by Gasteiger charge is -2.28. The highest BCUT2D eigenvalue weighted by molar-refractivity contribution is 7.99. The molecule has 0 atom stereocenters. The smallest absolute Gasteiger partial charge is 0.252 e. The Bertz CT molecular complexity index is 542. The van der Waals surface area contributed by atoms with E-state index < -0.39 is 4.75 Å². The van der Waals surface area contributed by atoms with Gasteiger partial charge in [-0.1, -0.05) is 70.1 Å². The van der Waals surface area contributed by atoms with Gasteiger partial charge in [-0.2, -0.15) is 5.06 Å². The molecule has 29 heavy (non-hydrogen) atoms. The summed E-state index contributed by atoms with van der Waals surface area (Å²) in [5, 5.41) is 1.29. The van der Waals surface area contributed by atoms with E-state index in [4.69, 9.17) is 4.84 Å². The normalized spacial score (nSPS) is 12.7. The molecule has 0 aliphatic rings. The van der Waals surface area contributed by atoms with Crippen molar-refractivity contribution in [3.63, 3.8) is 0 Å². The molecule has 0 saturated carbocycles. The van der Waals surface area contributed by atoms with Gasteiger partial charge in [-0.05, 0) is 45.8 Å². The summed E-state index contributed by atoms with van der Waals surface area (Å²) in [6.45, 7) is 9.59. The number of carbonyl (C=O) groups is 1. The van der Waals surface area contributed by atoms with Crippen LogP contribution in [0.3, 0.4) is 0 Å². The van der Waals surface area contributed by atoms with Crippen molar-refractivity contribution in [3.05, 3.63) is 41.0 Å². The van der Waals surface area contributed by atoms with Crippen LogP contribution in [0.1, 0.15) is 92.4 Å². The molecule has 0 aliphatic carbocycles. The Morgan fingerprint density at radius 1 is 1.10 bits per heavy atom. The lowest BCUT2D eigenvalue weighted by Crippen LogP contribution is -2.39. The van der Waals surface area contributed by atoms with Crippen LogP contribution >= 0.6 is 11.9 Å². The first kappa shape index (κ1) is 27.4. The van der Waals surface area contributed by atoms with Gasteiger partial charge in [-0.3, -0.25) is 4.79 Å². The first-order valence-electron chi connectivity index (χ1n) is 10.8. The number of unbranched alkanes of at least 4 members (excludes halogenated alkanes) is 8. The maximum absolute atomic E-state index is 12.0. The monoisotopic (exact) mass is 424 g/mol. The second-order valence-electron chi connectivity index (χ2n) is 7.83. The number of allylic oxidation sites excluding steroid dienone is 5. The molecule has 6 heteroatoms. The van der Waals surface area contributed by atoms with Gasteiger partial charge in [0.1, 0.15) is 0 Å². The second kappa shape index (κ2) is 17.3. The molecule has 0 saturated heterocycles. The molecule has 0 fully saturated rings. The summed E-state index contributed by atoms with van der Waals surface area (Å²) in [5.41, 5.74) is 0. The largest absolute Gasteiger partial charge is 0.377 e. The van der Waals surface area contributed by atoms with Crippen LogP contribution < -0.4 is 0 Å². The molecule has 1 amide bonds. The predicted molar refractivity (Wildman–Crippen MR) is 125 cm³/mol. The van der Waals surface area contributed by atoms with Gasteiger partial charge in [0, 0.05) is 23.5 Å². The molecule has 0 aromatic rings. The van der Waals surface area contributed by atoms with Crippen molar-refractivity contribution in [1.29, 1.82) is 0 Å². The molecular formula is C23H40N2O3S. The first-order chi connectivity index (χ1) is 13.9. The number of hydroxylamine groups is 2. The molecule has 0 rings (SSSR count). The number of hydrogen-bond acceptors (Lipinski definition) is 5. The molecule has 0 radical (unpaired) electrons. The fraction of sp³-hybridized carbons (Fsp3) is 0.696. The highest BCUT2D eigenvalue weighted by Gasteiger charge is 2.27. The molecule has 5 nitrogen and oxygen atoms in total. The van der Waals surface area contributed by atoms with Gasteiger partial charge < -0.3 is 4.84 Å². The molecule has 0 spiro atoms. The quantitative estimate of drug-likeness (QED) is 0.0605. The molecule has 0 bridgehead atoms. The highest BCUT2D eigenvalue weighted by Crippen LogP contribution is 2.27. The molecule has 0 aromatic carbocycles. The van der Waals surface area contributed by atoms with E-state index in [1.165, 1.54) is 56.9 Å². The van der Waals surface area contributed by atoms with Crippen LogP contribution in [0.2, 0.25) is 0 Å². The summed E-state index contributed by atoms with van der Waals surface area (Å²) in [4.78, 5) is 28.4. The minimum atomic E-state index is -0.528. The van der Waals surface area contributed by atoms with E-state index in [-0.39, 0.29) is 12.5 Å². The Morgan fingerprint density at radius 2 is 1.72 bits per heavy atom. The van der Waals surface area contributed by atoms with E-state index in [9.17, 15) is 9.70 Å². The van der Waals surface area contributed by atoms with Crippen LogP contribution in [0.5, 0.6) is 0 Å². The molecule has 166 valence electrons. The van der Waals surface area contributed by atoms with Crippen molar-refractivity contribution in [2.24, 2.45) is 4.58 Å². The molecule has 0 aliphatic heterocycles. The van der Waals surface area contributed by atoms with E-state index in [2.05, 4.69) is 17.6 Å². The van der Waals surface area contributed by atoms with Crippen molar-refractivity contribution >= 4 is 17.9 Å². The van der Waals surface area contributed by atoms with E-state index >= 15 is 0 Å². The van der Waals surface area contributed by atoms with Gasteiger partial charge in [0.25, 0.3) is 5.91 Å².